The summed E-state index contributed by atoms with van der Waals surface area (Å²) in [5, 5.41) is 3.56. The fourth-order valence-corrected chi connectivity index (χ4v) is 2.49. The summed E-state index contributed by atoms with van der Waals surface area (Å²) < 4.78 is 16.1. The van der Waals surface area contributed by atoms with E-state index in [2.05, 4.69) is 5.32 Å². The monoisotopic (exact) mass is 353 g/mol. The molecule has 2 aromatic carbocycles. The lowest BCUT2D eigenvalue weighted by molar-refractivity contribution is -0.122. The molecular weight excluding hydrogens is 341 g/mol. The summed E-state index contributed by atoms with van der Waals surface area (Å²) in [7, 11) is 0. The molecule has 5 nitrogen and oxygen atoms in total. The highest BCUT2D eigenvalue weighted by Crippen LogP contribution is 2.35. The molecule has 1 atom stereocenters. The van der Waals surface area contributed by atoms with E-state index in [0.717, 1.165) is 0 Å². The normalized spacial score (nSPS) is 13.5. The minimum Gasteiger partial charge on any atom is -0.481 e. The van der Waals surface area contributed by atoms with Gasteiger partial charge in [-0.1, -0.05) is 23.2 Å². The zero-order chi connectivity index (χ0) is 16.4. The number of ether oxygens (including phenoxy) is 3. The van der Waals surface area contributed by atoms with Crippen LogP contribution in [0.15, 0.2) is 36.4 Å². The van der Waals surface area contributed by atoms with Crippen LogP contribution < -0.4 is 19.5 Å². The molecule has 1 heterocycles. The SMILES string of the molecule is C[C@H](Oc1ccc2c(c1)OCO2)C(=O)Nc1ccc(Cl)cc1Cl. The van der Waals surface area contributed by atoms with Crippen LogP contribution in [0.2, 0.25) is 10.0 Å². The van der Waals surface area contributed by atoms with Crippen LogP contribution in [0.25, 0.3) is 0 Å². The summed E-state index contributed by atoms with van der Waals surface area (Å²) in [6.07, 6.45) is -0.720. The van der Waals surface area contributed by atoms with E-state index in [9.17, 15) is 4.79 Å². The molecule has 1 amide bonds. The first kappa shape index (κ1) is 15.8. The van der Waals surface area contributed by atoms with Gasteiger partial charge in [0, 0.05) is 11.1 Å². The average Bonchev–Trinajstić information content (AvgIpc) is 2.97. The first-order valence-electron chi connectivity index (χ1n) is 6.85. The maximum absolute atomic E-state index is 12.2. The van der Waals surface area contributed by atoms with E-state index < -0.39 is 6.10 Å². The van der Waals surface area contributed by atoms with Crippen LogP contribution in [0.1, 0.15) is 6.92 Å². The smallest absolute Gasteiger partial charge is 0.265 e. The molecule has 120 valence electrons. The molecule has 0 spiro atoms. The van der Waals surface area contributed by atoms with Gasteiger partial charge in [0.25, 0.3) is 5.91 Å². The zero-order valence-corrected chi connectivity index (χ0v) is 13.6. The Morgan fingerprint density at radius 3 is 2.74 bits per heavy atom. The predicted octanol–water partition coefficient (Wildman–Crippen LogP) is 4.13. The second kappa shape index (κ2) is 6.56. The molecule has 3 rings (SSSR count). The Bertz CT molecular complexity index is 751. The van der Waals surface area contributed by atoms with Crippen molar-refractivity contribution in [1.29, 1.82) is 0 Å². The van der Waals surface area contributed by atoms with E-state index in [0.29, 0.717) is 33.0 Å². The molecule has 0 aromatic heterocycles. The Balaban J connectivity index is 1.65. The minimum atomic E-state index is -0.720. The van der Waals surface area contributed by atoms with Crippen molar-refractivity contribution in [2.24, 2.45) is 0 Å². The maximum Gasteiger partial charge on any atom is 0.265 e. The first-order chi connectivity index (χ1) is 11.0. The molecule has 1 aliphatic rings. The highest BCUT2D eigenvalue weighted by atomic mass is 35.5. The number of hydrogen-bond donors (Lipinski definition) is 1. The van der Waals surface area contributed by atoms with Gasteiger partial charge < -0.3 is 19.5 Å². The first-order valence-corrected chi connectivity index (χ1v) is 7.61. The summed E-state index contributed by atoms with van der Waals surface area (Å²) in [4.78, 5) is 12.2. The van der Waals surface area contributed by atoms with E-state index in [1.165, 1.54) is 0 Å². The lowest BCUT2D eigenvalue weighted by Gasteiger charge is -2.15. The Morgan fingerprint density at radius 1 is 1.17 bits per heavy atom. The van der Waals surface area contributed by atoms with Gasteiger partial charge in [-0.3, -0.25) is 4.79 Å². The number of amides is 1. The van der Waals surface area contributed by atoms with Gasteiger partial charge in [-0.15, -0.1) is 0 Å². The number of nitrogens with one attached hydrogen (secondary N) is 1. The number of rotatable bonds is 4. The number of carbonyl (C=O) groups is 1. The molecule has 23 heavy (non-hydrogen) atoms. The van der Waals surface area contributed by atoms with Crippen LogP contribution in [0.5, 0.6) is 17.2 Å². The van der Waals surface area contributed by atoms with Gasteiger partial charge in [-0.2, -0.15) is 0 Å². The molecule has 0 bridgehead atoms. The molecule has 0 saturated carbocycles. The second-order valence-electron chi connectivity index (χ2n) is 4.89. The minimum absolute atomic E-state index is 0.184. The molecule has 2 aromatic rings. The average molecular weight is 354 g/mol. The molecule has 1 N–H and O–H groups in total. The van der Waals surface area contributed by atoms with E-state index in [-0.39, 0.29) is 12.7 Å². The molecular formula is C16H13Cl2NO4. The maximum atomic E-state index is 12.2. The van der Waals surface area contributed by atoms with Crippen LogP contribution in [-0.4, -0.2) is 18.8 Å². The molecule has 0 unspecified atom stereocenters. The van der Waals surface area contributed by atoms with E-state index in [1.54, 1.807) is 43.3 Å². The van der Waals surface area contributed by atoms with Gasteiger partial charge in [0.05, 0.1) is 10.7 Å². The summed E-state index contributed by atoms with van der Waals surface area (Å²) in [5.41, 5.74) is 0.474. The fraction of sp³-hybridized carbons (Fsp3) is 0.188. The van der Waals surface area contributed by atoms with Gasteiger partial charge in [-0.25, -0.2) is 0 Å². The quantitative estimate of drug-likeness (QED) is 0.897. The van der Waals surface area contributed by atoms with Crippen molar-refractivity contribution in [2.45, 2.75) is 13.0 Å². The van der Waals surface area contributed by atoms with Crippen molar-refractivity contribution in [2.75, 3.05) is 12.1 Å². The Labute approximate surface area is 143 Å². The van der Waals surface area contributed by atoms with Crippen molar-refractivity contribution < 1.29 is 19.0 Å². The highest BCUT2D eigenvalue weighted by molar-refractivity contribution is 6.36. The van der Waals surface area contributed by atoms with Crippen LogP contribution >= 0.6 is 23.2 Å². The van der Waals surface area contributed by atoms with Crippen molar-refractivity contribution in [1.82, 2.24) is 0 Å². The third-order valence-corrected chi connectivity index (χ3v) is 3.76. The van der Waals surface area contributed by atoms with E-state index in [4.69, 9.17) is 37.4 Å². The largest absolute Gasteiger partial charge is 0.481 e. The summed E-state index contributed by atoms with van der Waals surface area (Å²) >= 11 is 11.9. The van der Waals surface area contributed by atoms with Gasteiger partial charge >= 0.3 is 0 Å². The fourth-order valence-electron chi connectivity index (χ4n) is 2.03. The van der Waals surface area contributed by atoms with Crippen molar-refractivity contribution >= 4 is 34.8 Å². The third kappa shape index (κ3) is 3.63. The number of anilines is 1. The van der Waals surface area contributed by atoms with Crippen LogP contribution in [0.3, 0.4) is 0 Å². The van der Waals surface area contributed by atoms with Crippen molar-refractivity contribution in [3.8, 4) is 17.2 Å². The summed E-state index contributed by atoms with van der Waals surface area (Å²) in [5.74, 6) is 1.43. The van der Waals surface area contributed by atoms with Crippen LogP contribution in [-0.2, 0) is 4.79 Å². The topological polar surface area (TPSA) is 56.8 Å². The number of hydrogen-bond acceptors (Lipinski definition) is 4. The van der Waals surface area contributed by atoms with Crippen LogP contribution in [0, 0.1) is 0 Å². The van der Waals surface area contributed by atoms with Gasteiger partial charge in [0.2, 0.25) is 6.79 Å². The van der Waals surface area contributed by atoms with E-state index >= 15 is 0 Å². The second-order valence-corrected chi connectivity index (χ2v) is 5.73. The Kier molecular flexibility index (Phi) is 4.50. The number of halogens is 2. The van der Waals surface area contributed by atoms with E-state index in [1.807, 2.05) is 0 Å². The van der Waals surface area contributed by atoms with Crippen molar-refractivity contribution in [3.05, 3.63) is 46.4 Å². The van der Waals surface area contributed by atoms with Crippen LogP contribution in [0.4, 0.5) is 5.69 Å². The van der Waals surface area contributed by atoms with Crippen molar-refractivity contribution in [3.63, 3.8) is 0 Å². The molecule has 0 saturated heterocycles. The number of benzene rings is 2. The molecule has 0 fully saturated rings. The molecule has 7 heteroatoms. The van der Waals surface area contributed by atoms with Gasteiger partial charge in [0.15, 0.2) is 17.6 Å². The summed E-state index contributed by atoms with van der Waals surface area (Å²) in [6.45, 7) is 1.83. The zero-order valence-electron chi connectivity index (χ0n) is 12.1. The Morgan fingerprint density at radius 2 is 1.96 bits per heavy atom. The molecule has 0 radical (unpaired) electrons. The highest BCUT2D eigenvalue weighted by Gasteiger charge is 2.19. The van der Waals surface area contributed by atoms with Gasteiger partial charge in [-0.05, 0) is 37.3 Å². The lowest BCUT2D eigenvalue weighted by Crippen LogP contribution is -2.30. The third-order valence-electron chi connectivity index (χ3n) is 3.22. The molecule has 0 aliphatic carbocycles. The number of fused-ring (bicyclic) bond motifs is 1. The van der Waals surface area contributed by atoms with Gasteiger partial charge in [0.1, 0.15) is 5.75 Å². The number of carbonyl (C=O) groups excluding carboxylic acids is 1. The predicted molar refractivity (Wildman–Crippen MR) is 87.7 cm³/mol. The lowest BCUT2D eigenvalue weighted by atomic mass is 10.2. The standard InChI is InChI=1S/C16H13Cl2NO4/c1-9(16(20)19-13-4-2-10(17)6-12(13)18)23-11-3-5-14-15(7-11)22-8-21-14/h2-7,9H,8H2,1H3,(H,19,20)/t9-/m0/s1. The molecule has 1 aliphatic heterocycles. The Hall–Kier alpha value is -2.11. The summed E-state index contributed by atoms with van der Waals surface area (Å²) in [6, 6.07) is 9.97.